The molecule has 0 aromatic heterocycles. The lowest BCUT2D eigenvalue weighted by atomic mass is 9.97. The van der Waals surface area contributed by atoms with E-state index in [0.717, 1.165) is 56.0 Å². The van der Waals surface area contributed by atoms with E-state index >= 15 is 0 Å². The molecular weight excluding hydrogens is 1850 g/mol. The fourth-order valence-corrected chi connectivity index (χ4v) is 17.0. The zero-order valence-electron chi connectivity index (χ0n) is 83.8. The second-order valence-corrected chi connectivity index (χ2v) is 40.9. The first kappa shape index (κ1) is 121. The van der Waals surface area contributed by atoms with Crippen LogP contribution in [0, 0.1) is 53.3 Å². The van der Waals surface area contributed by atoms with E-state index in [2.05, 4.69) is 120 Å². The Morgan fingerprint density at radius 1 is 0.431 bits per heavy atom. The highest BCUT2D eigenvalue weighted by atomic mass is 79.9. The molecule has 10 rings (SSSR count). The average Bonchev–Trinajstić information content (AvgIpc) is 1.71. The minimum absolute atomic E-state index is 0.0169. The molecule has 0 bridgehead atoms. The van der Waals surface area contributed by atoms with Crippen LogP contribution in [0.2, 0.25) is 19.6 Å². The number of allylic oxidation sites excluding steroid dienone is 1. The Balaban J connectivity index is 0.000000411. The van der Waals surface area contributed by atoms with Gasteiger partial charge in [-0.15, -0.1) is 0 Å². The molecule has 10 atom stereocenters. The zero-order chi connectivity index (χ0) is 101. The monoisotopic (exact) mass is 2000 g/mol. The lowest BCUT2D eigenvalue weighted by Crippen LogP contribution is -2.44. The Bertz CT molecular complexity index is 4240. The number of alkyl halides is 1. The van der Waals surface area contributed by atoms with Gasteiger partial charge >= 0.3 is 60.2 Å². The molecule has 5 fully saturated rings. The standard InChI is InChI=1S/C19H28N2O5.C17H23NO5.C16H23NO3.C15H19NO5.C13H23NSi.C9H17NO3.C7H12O3.C6H9BrO2/c1-19(2,3)26-17(22)20-16-11-21(10-15(16)13-24-4)18(23)25-12-14-8-6-5-7-9-14;1-3-22-16(19)15-10-18(9-14(15)12-21-2)17(20)23-11-13-7-5-4-6-8-13;1-3-20-16(18)15-11-17(10-14(15)12-19-2)9-13-7-5-4-6-8-13;1-20-10-12-7-16(8-13(12)14(17)18)15(19)21-9-11-5-3-2-4-6-11;1-5-14(12-15(2,3)4)11-13-9-7-6-8-10-13;1-3-13-9(11)8-5-10-4-7(8)6-12-2;1-3-10-7(8)5-4-6-9-2;1-2-9-6(8)4-3-5-7/h5-9,15-16H,10-13H2,1-4H3,(H,20,22);4-8,14-15H,3,9-12H2,1-2H3;4-8,14-15H,3,9-12H2,1-2H3;2-6,12-13H,7-10H2,1H3,(H,17,18);6-10H,5,11-12H2,1-4H3;7-8,10H,3-6H2,1-2H3;4-5H,3,6H2,1-2H3;3-4H,2,5H2,1H3/b;;;;;;5-4+;4-3+/t15-,16+;2*14-,15+;12-,13+;;7-,8+;;/m1111.1../s1. The molecule has 35 heteroatoms. The van der Waals surface area contributed by atoms with Crippen LogP contribution in [-0.2, 0) is 133 Å². The number of methoxy groups -OCH3 is 6. The van der Waals surface area contributed by atoms with Crippen molar-refractivity contribution in [1.29, 1.82) is 0 Å². The Morgan fingerprint density at radius 3 is 1.19 bits per heavy atom. The van der Waals surface area contributed by atoms with Gasteiger partial charge in [0.2, 0.25) is 0 Å². The predicted octanol–water partition coefficient (Wildman–Crippen LogP) is 14.1. The molecule has 764 valence electrons. The maximum atomic E-state index is 12.3. The molecule has 5 heterocycles. The fourth-order valence-electron chi connectivity index (χ4n) is 15.1. The van der Waals surface area contributed by atoms with Crippen molar-refractivity contribution < 1.29 is 124 Å². The van der Waals surface area contributed by atoms with E-state index in [4.69, 9.17) is 56.8 Å². The van der Waals surface area contributed by atoms with Crippen molar-refractivity contribution in [2.24, 2.45) is 53.3 Å². The highest BCUT2D eigenvalue weighted by Crippen LogP contribution is 2.30. The number of alkyl carbamates (subject to hydrolysis) is 1. The van der Waals surface area contributed by atoms with Crippen LogP contribution < -0.4 is 10.6 Å². The summed E-state index contributed by atoms with van der Waals surface area (Å²) in [5, 5.41) is 15.9. The predicted molar refractivity (Wildman–Crippen MR) is 529 cm³/mol. The van der Waals surface area contributed by atoms with Crippen molar-refractivity contribution in [1.82, 2.24) is 35.1 Å². The van der Waals surface area contributed by atoms with Gasteiger partial charge in [0.05, 0.1) is 110 Å². The number of likely N-dealkylation sites (tertiary alicyclic amines) is 4. The summed E-state index contributed by atoms with van der Waals surface area (Å²) in [6, 6.07) is 49.2. The highest BCUT2D eigenvalue weighted by molar-refractivity contribution is 9.09. The summed E-state index contributed by atoms with van der Waals surface area (Å²) < 4.78 is 76.0. The van der Waals surface area contributed by atoms with Crippen LogP contribution in [0.25, 0.3) is 0 Å². The van der Waals surface area contributed by atoms with Crippen molar-refractivity contribution >= 4 is 84.2 Å². The van der Waals surface area contributed by atoms with Crippen LogP contribution in [0.1, 0.15) is 90.1 Å². The van der Waals surface area contributed by atoms with Gasteiger partial charge < -0.3 is 106 Å². The first-order chi connectivity index (χ1) is 65.7. The number of rotatable bonds is 38. The first-order valence-electron chi connectivity index (χ1n) is 46.7. The van der Waals surface area contributed by atoms with Crippen LogP contribution in [0.3, 0.4) is 0 Å². The van der Waals surface area contributed by atoms with Crippen molar-refractivity contribution in [3.8, 4) is 0 Å². The maximum Gasteiger partial charge on any atom is 0.410 e. The summed E-state index contributed by atoms with van der Waals surface area (Å²) in [6.45, 7) is 37.9. The number of benzene rings is 5. The number of nitrogens with one attached hydrogen (secondary N) is 2. The second kappa shape index (κ2) is 70.4. The number of carboxylic acids is 1. The van der Waals surface area contributed by atoms with Crippen LogP contribution in [0.5, 0.6) is 0 Å². The molecule has 5 aromatic rings. The third kappa shape index (κ3) is 51.3. The lowest BCUT2D eigenvalue weighted by molar-refractivity contribution is -0.150. The molecule has 3 N–H and O–H groups in total. The number of carbonyl (C=O) groups excluding carboxylic acids is 9. The van der Waals surface area contributed by atoms with E-state index in [0.29, 0.717) is 117 Å². The van der Waals surface area contributed by atoms with Gasteiger partial charge in [0.1, 0.15) is 25.4 Å². The van der Waals surface area contributed by atoms with Gasteiger partial charge in [0.25, 0.3) is 0 Å². The van der Waals surface area contributed by atoms with Crippen LogP contribution in [0.4, 0.5) is 19.2 Å². The van der Waals surface area contributed by atoms with E-state index in [1.165, 1.54) is 41.5 Å². The van der Waals surface area contributed by atoms with Gasteiger partial charge in [0.15, 0.2) is 0 Å². The molecule has 5 saturated heterocycles. The highest BCUT2D eigenvalue weighted by Gasteiger charge is 2.44. The SMILES string of the molecule is CCN(Cc1ccccc1)C[Si](C)(C)C.CCOC(=O)/C=C/CBr.CCOC(=O)/C=C/COC.CCOC(=O)[C@H]1CN(C(=O)OCc2ccccc2)C[C@@H]1COC.CCOC(=O)[C@H]1CN(Cc2ccccc2)C[C@@H]1COC.CCOC(=O)[C@H]1CNC[C@@H]1COC.COC[C@H]1CN(C(=O)OCc2ccccc2)C[C@@H]1C(=O)O.COC[C@H]1CN(C(=O)OCc2ccccc2)C[C@@H]1NC(=O)OC(C)(C)C. The number of ether oxygens (including phenoxy) is 15. The fraction of sp³-hybridized carbons (Fsp3) is 0.569. The van der Waals surface area contributed by atoms with E-state index in [-0.39, 0.29) is 110 Å². The van der Waals surface area contributed by atoms with E-state index in [1.54, 1.807) is 99.0 Å². The summed E-state index contributed by atoms with van der Waals surface area (Å²) in [5.74, 6) is -2.84. The number of aliphatic carboxylic acids is 1. The first-order valence-corrected chi connectivity index (χ1v) is 51.5. The van der Waals surface area contributed by atoms with E-state index < -0.39 is 49.9 Å². The Hall–Kier alpha value is -10.2. The summed E-state index contributed by atoms with van der Waals surface area (Å²) in [6.07, 6.45) is 5.55. The maximum absolute atomic E-state index is 12.3. The third-order valence-corrected chi connectivity index (χ3v) is 23.1. The van der Waals surface area contributed by atoms with Gasteiger partial charge in [-0.05, 0) is 95.9 Å². The van der Waals surface area contributed by atoms with E-state index in [9.17, 15) is 53.1 Å². The van der Waals surface area contributed by atoms with Crippen molar-refractivity contribution in [3.63, 3.8) is 0 Å². The summed E-state index contributed by atoms with van der Waals surface area (Å²) >= 11 is 3.13. The topological polar surface area (TPSA) is 370 Å². The largest absolute Gasteiger partial charge is 0.481 e. The van der Waals surface area contributed by atoms with Crippen molar-refractivity contribution in [3.05, 3.63) is 204 Å². The Labute approximate surface area is 821 Å². The molecule has 0 aliphatic carbocycles. The van der Waals surface area contributed by atoms with E-state index in [1.807, 2.05) is 123 Å². The number of carbonyl (C=O) groups is 10. The number of amides is 4. The number of halogens is 1. The molecule has 5 aliphatic rings. The van der Waals surface area contributed by atoms with Crippen LogP contribution in [0.15, 0.2) is 176 Å². The number of carboxylic acid groups (broad SMARTS) is 1. The molecule has 0 saturated carbocycles. The normalized spacial score (nSPS) is 19.1. The van der Waals surface area contributed by atoms with Crippen LogP contribution >= 0.6 is 15.9 Å². The molecule has 5 aromatic carbocycles. The second-order valence-electron chi connectivity index (χ2n) is 34.8. The molecule has 137 heavy (non-hydrogen) atoms. The van der Waals surface area contributed by atoms with Crippen LogP contribution in [-0.4, -0.2) is 308 Å². The molecule has 0 unspecified atom stereocenters. The minimum atomic E-state index is -0.969. The number of esters is 5. The number of hydrogen-bond donors (Lipinski definition) is 3. The lowest BCUT2D eigenvalue weighted by Gasteiger charge is -2.27. The van der Waals surface area contributed by atoms with Gasteiger partial charge in [-0.25, -0.2) is 28.8 Å². The van der Waals surface area contributed by atoms with Gasteiger partial charge in [-0.3, -0.25) is 24.1 Å². The third-order valence-electron chi connectivity index (χ3n) is 21.3. The summed E-state index contributed by atoms with van der Waals surface area (Å²) in [5.41, 5.74) is 4.87. The minimum Gasteiger partial charge on any atom is -0.481 e. The number of nitrogens with zero attached hydrogens (tertiary/aromatic N) is 5. The molecule has 0 radical (unpaired) electrons. The van der Waals surface area contributed by atoms with Gasteiger partial charge in [-0.2, -0.15) is 0 Å². The summed E-state index contributed by atoms with van der Waals surface area (Å²) in [7, 11) is 8.63. The van der Waals surface area contributed by atoms with Crippen molar-refractivity contribution in [2.45, 2.75) is 127 Å². The number of hydrogen-bond acceptors (Lipinski definition) is 28. The molecule has 4 amide bonds. The average molecular weight is 2000 g/mol. The molecule has 33 nitrogen and oxygen atoms in total. The smallest absolute Gasteiger partial charge is 0.410 e. The molecular formula is C102H154BrN7O26Si. The quantitative estimate of drug-likeness (QED) is 0.0109. The Morgan fingerprint density at radius 2 is 0.796 bits per heavy atom. The Kier molecular flexibility index (Phi) is 62.2. The van der Waals surface area contributed by atoms with Gasteiger partial charge in [-0.1, -0.05) is 206 Å². The van der Waals surface area contributed by atoms with Crippen molar-refractivity contribution in [2.75, 3.05) is 199 Å². The summed E-state index contributed by atoms with van der Waals surface area (Å²) in [4.78, 5) is 126. The molecule has 5 aliphatic heterocycles. The van der Waals surface area contributed by atoms with Gasteiger partial charge in [0, 0.05) is 168 Å². The molecule has 0 spiro atoms. The zero-order valence-corrected chi connectivity index (χ0v) is 86.4.